The Morgan fingerprint density at radius 3 is 3.12 bits per heavy atom. The van der Waals surface area contributed by atoms with Crippen molar-refractivity contribution in [3.8, 4) is 0 Å². The third-order valence-electron chi connectivity index (χ3n) is 2.81. The summed E-state index contributed by atoms with van der Waals surface area (Å²) in [6, 6.07) is 1.91. The van der Waals surface area contributed by atoms with Crippen LogP contribution in [-0.2, 0) is 24.5 Å². The molecular weight excluding hydrogens is 230 g/mol. The lowest BCUT2D eigenvalue weighted by molar-refractivity contribution is -0.132. The first-order valence-corrected chi connectivity index (χ1v) is 5.71. The number of carbonyl (C=O) groups is 1. The molecule has 1 atom stereocenters. The minimum Gasteiger partial charge on any atom is -0.390 e. The van der Waals surface area contributed by atoms with E-state index in [0.29, 0.717) is 18.8 Å². The number of fused-ring (bicyclic) bond motifs is 1. The minimum atomic E-state index is -0.0716. The van der Waals surface area contributed by atoms with E-state index >= 15 is 0 Å². The van der Waals surface area contributed by atoms with Gasteiger partial charge in [0.15, 0.2) is 0 Å². The van der Waals surface area contributed by atoms with Gasteiger partial charge in [0.1, 0.15) is 5.88 Å². The lowest BCUT2D eigenvalue weighted by Crippen LogP contribution is -2.45. The third-order valence-corrected chi connectivity index (χ3v) is 3.04. The third kappa shape index (κ3) is 1.92. The summed E-state index contributed by atoms with van der Waals surface area (Å²) in [7, 11) is 0. The maximum absolute atomic E-state index is 11.6. The SMILES string of the molecule is CC1Cn2nc(CO)cc2CN1C(=O)CCl. The van der Waals surface area contributed by atoms with Crippen LogP contribution < -0.4 is 0 Å². The van der Waals surface area contributed by atoms with Gasteiger partial charge in [-0.05, 0) is 13.0 Å². The molecule has 1 aliphatic heterocycles. The Labute approximate surface area is 98.6 Å². The van der Waals surface area contributed by atoms with Crippen molar-refractivity contribution in [1.82, 2.24) is 14.7 Å². The standard InChI is InChI=1S/C10H14ClN3O2/c1-7-4-14-9(2-8(6-15)12-14)5-13(7)10(16)3-11/h2,7,15H,3-6H2,1H3. The molecule has 1 aromatic heterocycles. The number of alkyl halides is 1. The molecule has 0 spiro atoms. The molecule has 0 aromatic carbocycles. The average Bonchev–Trinajstić information content (AvgIpc) is 2.68. The van der Waals surface area contributed by atoms with Gasteiger partial charge in [-0.25, -0.2) is 0 Å². The van der Waals surface area contributed by atoms with E-state index < -0.39 is 0 Å². The Hall–Kier alpha value is -1.07. The molecule has 1 amide bonds. The predicted molar refractivity (Wildman–Crippen MR) is 58.9 cm³/mol. The van der Waals surface area contributed by atoms with Gasteiger partial charge >= 0.3 is 0 Å². The Morgan fingerprint density at radius 1 is 1.75 bits per heavy atom. The van der Waals surface area contributed by atoms with Crippen LogP contribution in [0.5, 0.6) is 0 Å². The number of amides is 1. The minimum absolute atomic E-state index is 0.00529. The predicted octanol–water partition coefficient (Wildman–Crippen LogP) is 0.345. The van der Waals surface area contributed by atoms with Gasteiger partial charge in [-0.2, -0.15) is 5.10 Å². The highest BCUT2D eigenvalue weighted by molar-refractivity contribution is 6.27. The van der Waals surface area contributed by atoms with Crippen molar-refractivity contribution in [2.75, 3.05) is 5.88 Å². The molecule has 2 heterocycles. The molecular formula is C10H14ClN3O2. The largest absolute Gasteiger partial charge is 0.390 e. The Balaban J connectivity index is 2.23. The quantitative estimate of drug-likeness (QED) is 0.763. The molecule has 5 nitrogen and oxygen atoms in total. The van der Waals surface area contributed by atoms with Gasteiger partial charge in [0.25, 0.3) is 0 Å². The monoisotopic (exact) mass is 243 g/mol. The van der Waals surface area contributed by atoms with E-state index in [9.17, 15) is 4.79 Å². The van der Waals surface area contributed by atoms with Gasteiger partial charge in [-0.1, -0.05) is 0 Å². The van der Waals surface area contributed by atoms with Crippen molar-refractivity contribution < 1.29 is 9.90 Å². The molecule has 0 bridgehead atoms. The Kier molecular flexibility index (Phi) is 3.16. The molecule has 1 aliphatic rings. The Bertz CT molecular complexity index is 405. The fourth-order valence-corrected chi connectivity index (χ4v) is 2.12. The van der Waals surface area contributed by atoms with Gasteiger partial charge in [0.05, 0.1) is 31.1 Å². The smallest absolute Gasteiger partial charge is 0.238 e. The van der Waals surface area contributed by atoms with Crippen molar-refractivity contribution in [2.45, 2.75) is 32.7 Å². The van der Waals surface area contributed by atoms with Crippen LogP contribution in [-0.4, -0.2) is 37.6 Å². The topological polar surface area (TPSA) is 58.4 Å². The molecule has 1 unspecified atom stereocenters. The lowest BCUT2D eigenvalue weighted by atomic mass is 10.2. The van der Waals surface area contributed by atoms with Crippen molar-refractivity contribution >= 4 is 17.5 Å². The number of hydrogen-bond acceptors (Lipinski definition) is 3. The number of carbonyl (C=O) groups excluding carboxylic acids is 1. The average molecular weight is 244 g/mol. The molecule has 1 N–H and O–H groups in total. The number of hydrogen-bond donors (Lipinski definition) is 1. The zero-order chi connectivity index (χ0) is 11.7. The molecule has 88 valence electrons. The van der Waals surface area contributed by atoms with Crippen LogP contribution in [0.25, 0.3) is 0 Å². The fourth-order valence-electron chi connectivity index (χ4n) is 1.97. The summed E-state index contributed by atoms with van der Waals surface area (Å²) in [6.07, 6.45) is 0. The molecule has 0 fully saturated rings. The molecule has 16 heavy (non-hydrogen) atoms. The maximum atomic E-state index is 11.6. The normalized spacial score (nSPS) is 19.7. The number of aliphatic hydroxyl groups is 1. The summed E-state index contributed by atoms with van der Waals surface area (Å²) >= 11 is 5.56. The van der Waals surface area contributed by atoms with E-state index in [1.165, 1.54) is 0 Å². The van der Waals surface area contributed by atoms with Crippen LogP contribution in [0.15, 0.2) is 6.07 Å². The summed E-state index contributed by atoms with van der Waals surface area (Å²) < 4.78 is 1.84. The van der Waals surface area contributed by atoms with Crippen LogP contribution >= 0.6 is 11.6 Å². The van der Waals surface area contributed by atoms with Gasteiger partial charge in [-0.3, -0.25) is 9.48 Å². The molecule has 6 heteroatoms. The number of aliphatic hydroxyl groups excluding tert-OH is 1. The zero-order valence-electron chi connectivity index (χ0n) is 9.06. The first-order valence-electron chi connectivity index (χ1n) is 5.17. The highest BCUT2D eigenvalue weighted by Gasteiger charge is 2.27. The number of aromatic nitrogens is 2. The zero-order valence-corrected chi connectivity index (χ0v) is 9.81. The summed E-state index contributed by atoms with van der Waals surface area (Å²) in [5.74, 6) is -0.0575. The molecule has 0 aliphatic carbocycles. The van der Waals surface area contributed by atoms with E-state index in [0.717, 1.165) is 5.69 Å². The lowest BCUT2D eigenvalue weighted by Gasteiger charge is -2.33. The van der Waals surface area contributed by atoms with Gasteiger partial charge < -0.3 is 10.0 Å². The first-order chi connectivity index (χ1) is 7.65. The maximum Gasteiger partial charge on any atom is 0.238 e. The highest BCUT2D eigenvalue weighted by Crippen LogP contribution is 2.18. The summed E-state index contributed by atoms with van der Waals surface area (Å²) in [5.41, 5.74) is 1.59. The second-order valence-corrected chi connectivity index (χ2v) is 4.24. The molecule has 0 saturated carbocycles. The summed E-state index contributed by atoms with van der Waals surface area (Å²) in [6.45, 7) is 3.06. The fraction of sp³-hybridized carbons (Fsp3) is 0.600. The van der Waals surface area contributed by atoms with E-state index in [1.54, 1.807) is 4.90 Å². The summed E-state index contributed by atoms with van der Waals surface area (Å²) in [5, 5.41) is 13.2. The number of rotatable bonds is 2. The van der Waals surface area contributed by atoms with Gasteiger partial charge in [0, 0.05) is 6.04 Å². The van der Waals surface area contributed by atoms with Crippen molar-refractivity contribution in [2.24, 2.45) is 0 Å². The molecule has 0 radical (unpaired) electrons. The van der Waals surface area contributed by atoms with Crippen LogP contribution in [0.4, 0.5) is 0 Å². The first kappa shape index (κ1) is 11.4. The van der Waals surface area contributed by atoms with E-state index in [2.05, 4.69) is 5.10 Å². The highest BCUT2D eigenvalue weighted by atomic mass is 35.5. The van der Waals surface area contributed by atoms with Crippen LogP contribution in [0.1, 0.15) is 18.3 Å². The molecule has 2 rings (SSSR count). The second-order valence-electron chi connectivity index (χ2n) is 3.97. The molecule has 1 aromatic rings. The van der Waals surface area contributed by atoms with Gasteiger partial charge in [0.2, 0.25) is 5.91 Å². The Morgan fingerprint density at radius 2 is 2.50 bits per heavy atom. The second kappa shape index (κ2) is 4.43. The van der Waals surface area contributed by atoms with E-state index in [4.69, 9.17) is 16.7 Å². The van der Waals surface area contributed by atoms with Crippen LogP contribution in [0.3, 0.4) is 0 Å². The van der Waals surface area contributed by atoms with E-state index in [-0.39, 0.29) is 24.4 Å². The van der Waals surface area contributed by atoms with Crippen molar-refractivity contribution in [3.05, 3.63) is 17.5 Å². The van der Waals surface area contributed by atoms with Crippen LogP contribution in [0, 0.1) is 0 Å². The van der Waals surface area contributed by atoms with Crippen molar-refractivity contribution in [1.29, 1.82) is 0 Å². The van der Waals surface area contributed by atoms with E-state index in [1.807, 2.05) is 17.7 Å². The number of halogens is 1. The van der Waals surface area contributed by atoms with Crippen molar-refractivity contribution in [3.63, 3.8) is 0 Å². The number of nitrogens with zero attached hydrogens (tertiary/aromatic N) is 3. The van der Waals surface area contributed by atoms with Gasteiger partial charge in [-0.15, -0.1) is 11.6 Å². The summed E-state index contributed by atoms with van der Waals surface area (Å²) in [4.78, 5) is 13.3. The van der Waals surface area contributed by atoms with Crippen LogP contribution in [0.2, 0.25) is 0 Å². The molecule has 0 saturated heterocycles.